The minimum absolute atomic E-state index is 0.0294. The first-order valence-electron chi connectivity index (χ1n) is 6.67. The summed E-state index contributed by atoms with van der Waals surface area (Å²) in [5, 5.41) is 9.03. The predicted octanol–water partition coefficient (Wildman–Crippen LogP) is 2.60. The Morgan fingerprint density at radius 3 is 2.80 bits per heavy atom. The normalized spacial score (nSPS) is 25.1. The molecule has 1 aromatic carbocycles. The summed E-state index contributed by atoms with van der Waals surface area (Å²) < 4.78 is 0. The Morgan fingerprint density at radius 1 is 1.35 bits per heavy atom. The molecule has 0 aliphatic carbocycles. The number of carbonyl (C=O) groups excluding carboxylic acids is 1. The summed E-state index contributed by atoms with van der Waals surface area (Å²) in [7, 11) is 0. The number of nitrogens with one attached hydrogen (secondary N) is 1. The van der Waals surface area contributed by atoms with E-state index in [0.717, 1.165) is 18.4 Å². The van der Waals surface area contributed by atoms with E-state index >= 15 is 0 Å². The van der Waals surface area contributed by atoms with Crippen molar-refractivity contribution in [3.8, 4) is 0 Å². The lowest BCUT2D eigenvalue weighted by Gasteiger charge is -2.28. The van der Waals surface area contributed by atoms with Crippen LogP contribution in [0, 0.1) is 5.41 Å². The molecular weight excluding hydrogens is 278 g/mol. The molecule has 2 amide bonds. The molecule has 3 rings (SSSR count). The molecule has 0 aromatic heterocycles. The molecule has 1 N–H and O–H groups in total. The van der Waals surface area contributed by atoms with E-state index in [1.54, 1.807) is 4.90 Å². The van der Waals surface area contributed by atoms with Gasteiger partial charge in [-0.15, -0.1) is 0 Å². The smallest absolute Gasteiger partial charge is 0.311 e. The van der Waals surface area contributed by atoms with Gasteiger partial charge in [-0.25, -0.2) is 4.79 Å². The maximum absolute atomic E-state index is 12.3. The van der Waals surface area contributed by atoms with Gasteiger partial charge in [0.25, 0.3) is 0 Å². The summed E-state index contributed by atoms with van der Waals surface area (Å²) in [6, 6.07) is 9.35. The van der Waals surface area contributed by atoms with Gasteiger partial charge >= 0.3 is 6.03 Å². The third-order valence-corrected chi connectivity index (χ3v) is 4.08. The highest BCUT2D eigenvalue weighted by molar-refractivity contribution is 6.65. The predicted molar refractivity (Wildman–Crippen MR) is 75.6 cm³/mol. The number of hydrogen-bond donors (Lipinski definition) is 1. The molecule has 6 heteroatoms. The Kier molecular flexibility index (Phi) is 3.63. The van der Waals surface area contributed by atoms with Crippen LogP contribution in [0.1, 0.15) is 18.4 Å². The van der Waals surface area contributed by atoms with Crippen LogP contribution >= 0.6 is 11.6 Å². The van der Waals surface area contributed by atoms with E-state index in [1.807, 2.05) is 30.3 Å². The van der Waals surface area contributed by atoms with Crippen molar-refractivity contribution in [3.63, 3.8) is 0 Å². The summed E-state index contributed by atoms with van der Waals surface area (Å²) in [5.74, 6) is 0. The lowest BCUT2D eigenvalue weighted by molar-refractivity contribution is -0.140. The number of halogens is 1. The van der Waals surface area contributed by atoms with E-state index in [2.05, 4.69) is 0 Å². The molecule has 2 aliphatic rings. The summed E-state index contributed by atoms with van der Waals surface area (Å²) >= 11 is 5.76. The van der Waals surface area contributed by atoms with Crippen molar-refractivity contribution in [1.29, 1.82) is 5.41 Å². The Hall–Kier alpha value is -1.59. The first-order chi connectivity index (χ1) is 9.66. The summed E-state index contributed by atoms with van der Waals surface area (Å²) in [6.45, 7) is 0.966. The number of fused-ring (bicyclic) bond motifs is 2. The van der Waals surface area contributed by atoms with Gasteiger partial charge in [-0.1, -0.05) is 41.9 Å². The lowest BCUT2D eigenvalue weighted by Crippen LogP contribution is -2.43. The average Bonchev–Trinajstić information content (AvgIpc) is 2.70. The summed E-state index contributed by atoms with van der Waals surface area (Å²) in [6.07, 6.45) is 1.54. The molecule has 0 radical (unpaired) electrons. The second kappa shape index (κ2) is 5.42. The Bertz CT molecular complexity index is 522. The van der Waals surface area contributed by atoms with Crippen LogP contribution in [0.25, 0.3) is 0 Å². The number of hydrogen-bond acceptors (Lipinski definition) is 3. The SMILES string of the molecule is N=C(Cl)[C@@H]1CC[C@@H]2CN1C(=O)N2OCc1ccccc1. The van der Waals surface area contributed by atoms with Gasteiger partial charge in [0.2, 0.25) is 0 Å². The van der Waals surface area contributed by atoms with Gasteiger partial charge in [0.1, 0.15) is 11.8 Å². The van der Waals surface area contributed by atoms with Gasteiger partial charge in [-0.3, -0.25) is 10.2 Å². The van der Waals surface area contributed by atoms with Crippen LogP contribution in [0.15, 0.2) is 30.3 Å². The number of piperidine rings is 1. The lowest BCUT2D eigenvalue weighted by atomic mass is 10.0. The minimum Gasteiger partial charge on any atom is -0.311 e. The fraction of sp³-hybridized carbons (Fsp3) is 0.429. The Morgan fingerprint density at radius 2 is 2.10 bits per heavy atom. The second-order valence-electron chi connectivity index (χ2n) is 5.11. The number of rotatable bonds is 4. The first kappa shape index (κ1) is 13.4. The molecule has 2 saturated heterocycles. The van der Waals surface area contributed by atoms with Gasteiger partial charge in [0, 0.05) is 6.54 Å². The molecule has 2 aliphatic heterocycles. The molecule has 2 heterocycles. The molecule has 0 saturated carbocycles. The average molecular weight is 294 g/mol. The highest BCUT2D eigenvalue weighted by Gasteiger charge is 2.46. The van der Waals surface area contributed by atoms with E-state index in [1.165, 1.54) is 5.06 Å². The van der Waals surface area contributed by atoms with Crippen molar-refractivity contribution >= 4 is 22.8 Å². The number of benzene rings is 1. The summed E-state index contributed by atoms with van der Waals surface area (Å²) in [4.78, 5) is 19.6. The van der Waals surface area contributed by atoms with Crippen LogP contribution in [-0.4, -0.2) is 39.8 Å². The van der Waals surface area contributed by atoms with Gasteiger partial charge in [-0.05, 0) is 18.4 Å². The van der Waals surface area contributed by atoms with E-state index in [4.69, 9.17) is 21.8 Å². The topological polar surface area (TPSA) is 56.6 Å². The van der Waals surface area contributed by atoms with Crippen molar-refractivity contribution in [2.45, 2.75) is 31.5 Å². The molecule has 5 nitrogen and oxygen atoms in total. The van der Waals surface area contributed by atoms with Crippen LogP contribution in [0.4, 0.5) is 4.79 Å². The van der Waals surface area contributed by atoms with Crippen molar-refractivity contribution in [1.82, 2.24) is 9.96 Å². The molecule has 0 spiro atoms. The van der Waals surface area contributed by atoms with Crippen molar-refractivity contribution < 1.29 is 9.63 Å². The molecule has 2 atom stereocenters. The van der Waals surface area contributed by atoms with Crippen LogP contribution < -0.4 is 0 Å². The number of urea groups is 1. The number of hydroxylamine groups is 2. The molecular formula is C14H16ClN3O2. The van der Waals surface area contributed by atoms with Crippen LogP contribution in [0.3, 0.4) is 0 Å². The van der Waals surface area contributed by atoms with E-state index in [0.29, 0.717) is 13.2 Å². The van der Waals surface area contributed by atoms with Crippen molar-refractivity contribution in [2.75, 3.05) is 6.54 Å². The van der Waals surface area contributed by atoms with Crippen molar-refractivity contribution in [2.24, 2.45) is 0 Å². The maximum atomic E-state index is 12.3. The van der Waals surface area contributed by atoms with Crippen LogP contribution in [0.5, 0.6) is 0 Å². The third kappa shape index (κ3) is 2.39. The fourth-order valence-electron chi connectivity index (χ4n) is 2.78. The second-order valence-corrected chi connectivity index (χ2v) is 5.52. The standard InChI is InChI=1S/C14H16ClN3O2/c15-13(16)12-7-6-11-8-17(12)14(19)18(11)20-9-10-4-2-1-3-5-10/h1-5,11-12,16H,6-9H2/t11-,12+/m1/s1. The summed E-state index contributed by atoms with van der Waals surface area (Å²) in [5.41, 5.74) is 1.03. The van der Waals surface area contributed by atoms with Gasteiger partial charge in [0.15, 0.2) is 0 Å². The molecule has 106 valence electrons. The fourth-order valence-corrected chi connectivity index (χ4v) is 3.01. The quantitative estimate of drug-likeness (QED) is 0.868. The molecule has 0 unspecified atom stereocenters. The zero-order chi connectivity index (χ0) is 14.1. The highest BCUT2D eigenvalue weighted by atomic mass is 35.5. The minimum atomic E-state index is -0.286. The van der Waals surface area contributed by atoms with E-state index in [9.17, 15) is 4.79 Å². The Labute approximate surface area is 122 Å². The Balaban J connectivity index is 1.67. The highest BCUT2D eigenvalue weighted by Crippen LogP contribution is 2.31. The van der Waals surface area contributed by atoms with E-state index in [-0.39, 0.29) is 23.3 Å². The maximum Gasteiger partial charge on any atom is 0.344 e. The number of nitrogens with zero attached hydrogens (tertiary/aromatic N) is 2. The van der Waals surface area contributed by atoms with Crippen LogP contribution in [-0.2, 0) is 11.4 Å². The van der Waals surface area contributed by atoms with E-state index < -0.39 is 0 Å². The monoisotopic (exact) mass is 293 g/mol. The molecule has 1 aromatic rings. The molecule has 2 bridgehead atoms. The zero-order valence-electron chi connectivity index (χ0n) is 11.0. The van der Waals surface area contributed by atoms with Crippen molar-refractivity contribution in [3.05, 3.63) is 35.9 Å². The number of amides is 2. The van der Waals surface area contributed by atoms with Gasteiger partial charge in [-0.2, -0.15) is 5.06 Å². The molecule has 20 heavy (non-hydrogen) atoms. The van der Waals surface area contributed by atoms with Gasteiger partial charge < -0.3 is 4.90 Å². The van der Waals surface area contributed by atoms with Crippen LogP contribution in [0.2, 0.25) is 0 Å². The zero-order valence-corrected chi connectivity index (χ0v) is 11.7. The number of carbonyl (C=O) groups is 1. The molecule has 2 fully saturated rings. The van der Waals surface area contributed by atoms with Gasteiger partial charge in [0.05, 0.1) is 12.1 Å². The third-order valence-electron chi connectivity index (χ3n) is 3.83. The largest absolute Gasteiger partial charge is 0.344 e. The first-order valence-corrected chi connectivity index (χ1v) is 7.05.